The first kappa shape index (κ1) is 17.0. The van der Waals surface area contributed by atoms with Crippen LogP contribution in [0.25, 0.3) is 10.9 Å². The maximum absolute atomic E-state index is 12.6. The van der Waals surface area contributed by atoms with Gasteiger partial charge >= 0.3 is 0 Å². The van der Waals surface area contributed by atoms with E-state index in [4.69, 9.17) is 0 Å². The summed E-state index contributed by atoms with van der Waals surface area (Å²) < 4.78 is 2.01. The van der Waals surface area contributed by atoms with Crippen LogP contribution in [0, 0.1) is 5.92 Å². The SMILES string of the molecule is Cn1cc(/C=N/NC(=O)[C@@H]2C(=O)NC[C@H]2c2ccccc2)c2ccccc21. The Balaban J connectivity index is 1.51. The summed E-state index contributed by atoms with van der Waals surface area (Å²) in [4.78, 5) is 24.8. The molecule has 0 spiro atoms. The first-order valence-corrected chi connectivity index (χ1v) is 8.85. The zero-order valence-electron chi connectivity index (χ0n) is 14.9. The van der Waals surface area contributed by atoms with Gasteiger partial charge in [0.1, 0.15) is 5.92 Å². The van der Waals surface area contributed by atoms with Crippen LogP contribution < -0.4 is 10.7 Å². The van der Waals surface area contributed by atoms with E-state index in [1.54, 1.807) is 6.21 Å². The van der Waals surface area contributed by atoms with Crippen molar-refractivity contribution in [3.05, 3.63) is 71.9 Å². The molecule has 2 aromatic carbocycles. The van der Waals surface area contributed by atoms with Crippen molar-refractivity contribution in [2.75, 3.05) is 6.54 Å². The molecule has 136 valence electrons. The zero-order chi connectivity index (χ0) is 18.8. The van der Waals surface area contributed by atoms with Gasteiger partial charge in [-0.2, -0.15) is 5.10 Å². The van der Waals surface area contributed by atoms with Crippen LogP contribution in [0.2, 0.25) is 0 Å². The van der Waals surface area contributed by atoms with Crippen molar-refractivity contribution >= 4 is 28.9 Å². The number of hydrogen-bond acceptors (Lipinski definition) is 3. The van der Waals surface area contributed by atoms with Gasteiger partial charge in [0.15, 0.2) is 0 Å². The topological polar surface area (TPSA) is 75.5 Å². The normalized spacial score (nSPS) is 19.5. The predicted molar refractivity (Wildman–Crippen MR) is 104 cm³/mol. The second-order valence-corrected chi connectivity index (χ2v) is 6.69. The Kier molecular flexibility index (Phi) is 4.46. The summed E-state index contributed by atoms with van der Waals surface area (Å²) in [5.41, 5.74) is 5.50. The van der Waals surface area contributed by atoms with Crippen molar-refractivity contribution in [1.29, 1.82) is 0 Å². The van der Waals surface area contributed by atoms with Gasteiger partial charge in [0, 0.05) is 42.2 Å². The van der Waals surface area contributed by atoms with Gasteiger partial charge in [0.25, 0.3) is 5.91 Å². The Morgan fingerprint density at radius 3 is 2.74 bits per heavy atom. The van der Waals surface area contributed by atoms with E-state index in [1.807, 2.05) is 72.4 Å². The van der Waals surface area contributed by atoms with Crippen LogP contribution in [0.3, 0.4) is 0 Å². The fourth-order valence-corrected chi connectivity index (χ4v) is 3.64. The summed E-state index contributed by atoms with van der Waals surface area (Å²) in [7, 11) is 1.96. The van der Waals surface area contributed by atoms with Crippen LogP contribution in [0.15, 0.2) is 65.9 Å². The molecular weight excluding hydrogens is 340 g/mol. The minimum atomic E-state index is -0.780. The average Bonchev–Trinajstić information content (AvgIpc) is 3.23. The number of hydrazone groups is 1. The van der Waals surface area contributed by atoms with E-state index in [-0.39, 0.29) is 11.8 Å². The first-order valence-electron chi connectivity index (χ1n) is 8.85. The van der Waals surface area contributed by atoms with Gasteiger partial charge in [-0.05, 0) is 11.6 Å². The molecule has 6 heteroatoms. The highest BCUT2D eigenvalue weighted by atomic mass is 16.2. The van der Waals surface area contributed by atoms with E-state index in [2.05, 4.69) is 15.8 Å². The van der Waals surface area contributed by atoms with Crippen molar-refractivity contribution in [3.63, 3.8) is 0 Å². The number of rotatable bonds is 4. The molecule has 3 aromatic rings. The van der Waals surface area contributed by atoms with Gasteiger partial charge in [-0.15, -0.1) is 0 Å². The maximum atomic E-state index is 12.6. The van der Waals surface area contributed by atoms with Crippen molar-refractivity contribution in [3.8, 4) is 0 Å². The molecule has 2 heterocycles. The number of aromatic nitrogens is 1. The number of hydrogen-bond donors (Lipinski definition) is 2. The lowest BCUT2D eigenvalue weighted by Gasteiger charge is -2.15. The third kappa shape index (κ3) is 3.21. The minimum absolute atomic E-state index is 0.188. The molecule has 4 rings (SSSR count). The Bertz CT molecular complexity index is 1020. The predicted octanol–water partition coefficient (Wildman–Crippen LogP) is 2.16. The third-order valence-electron chi connectivity index (χ3n) is 5.00. The molecule has 0 aliphatic carbocycles. The third-order valence-corrected chi connectivity index (χ3v) is 5.00. The standard InChI is InChI=1S/C21H20N4O2/c1-25-13-15(16-9-5-6-10-18(16)25)11-23-24-21(27)19-17(12-22-20(19)26)14-7-3-2-4-8-14/h2-11,13,17,19H,12H2,1H3,(H,22,26)(H,24,27)/b23-11+/t17-,19-/m0/s1. The average molecular weight is 360 g/mol. The highest BCUT2D eigenvalue weighted by Crippen LogP contribution is 2.29. The number of benzene rings is 2. The zero-order valence-corrected chi connectivity index (χ0v) is 14.9. The smallest absolute Gasteiger partial charge is 0.253 e. The lowest BCUT2D eigenvalue weighted by atomic mass is 9.88. The maximum Gasteiger partial charge on any atom is 0.253 e. The van der Waals surface area contributed by atoms with Gasteiger partial charge in [-0.3, -0.25) is 9.59 Å². The highest BCUT2D eigenvalue weighted by molar-refractivity contribution is 6.04. The molecule has 0 radical (unpaired) electrons. The second-order valence-electron chi connectivity index (χ2n) is 6.69. The summed E-state index contributed by atoms with van der Waals surface area (Å²) in [6.45, 7) is 0.452. The molecule has 1 aliphatic heterocycles. The Labute approximate surface area is 156 Å². The minimum Gasteiger partial charge on any atom is -0.355 e. The number of carbonyl (C=O) groups is 2. The number of nitrogens with one attached hydrogen (secondary N) is 2. The molecule has 27 heavy (non-hydrogen) atoms. The molecule has 2 N–H and O–H groups in total. The molecule has 6 nitrogen and oxygen atoms in total. The molecule has 0 saturated carbocycles. The molecule has 1 fully saturated rings. The van der Waals surface area contributed by atoms with E-state index in [0.717, 1.165) is 22.0 Å². The van der Waals surface area contributed by atoms with E-state index in [9.17, 15) is 9.59 Å². The molecule has 1 saturated heterocycles. The summed E-state index contributed by atoms with van der Waals surface area (Å²) in [6.07, 6.45) is 3.57. The van der Waals surface area contributed by atoms with Crippen LogP contribution in [0.5, 0.6) is 0 Å². The molecule has 0 bridgehead atoms. The molecule has 2 atom stereocenters. The largest absolute Gasteiger partial charge is 0.355 e. The molecule has 1 aromatic heterocycles. The van der Waals surface area contributed by atoms with Gasteiger partial charge < -0.3 is 9.88 Å². The Hall–Kier alpha value is -3.41. The number of fused-ring (bicyclic) bond motifs is 1. The van der Waals surface area contributed by atoms with E-state index >= 15 is 0 Å². The van der Waals surface area contributed by atoms with Crippen LogP contribution in [0.1, 0.15) is 17.0 Å². The number of nitrogens with zero attached hydrogens (tertiary/aromatic N) is 2. The highest BCUT2D eigenvalue weighted by Gasteiger charge is 2.40. The van der Waals surface area contributed by atoms with Gasteiger partial charge in [-0.25, -0.2) is 5.43 Å². The summed E-state index contributed by atoms with van der Waals surface area (Å²) in [5.74, 6) is -1.62. The lowest BCUT2D eigenvalue weighted by molar-refractivity contribution is -0.133. The van der Waals surface area contributed by atoms with Gasteiger partial charge in [0.05, 0.1) is 6.21 Å². The van der Waals surface area contributed by atoms with Crippen LogP contribution in [-0.4, -0.2) is 29.1 Å². The fraction of sp³-hybridized carbons (Fsp3) is 0.190. The monoisotopic (exact) mass is 360 g/mol. The molecule has 2 amide bonds. The van der Waals surface area contributed by atoms with Gasteiger partial charge in [-0.1, -0.05) is 48.5 Å². The molecule has 1 aliphatic rings. The number of amides is 2. The number of carbonyl (C=O) groups excluding carboxylic acids is 2. The van der Waals surface area contributed by atoms with Crippen molar-refractivity contribution in [1.82, 2.24) is 15.3 Å². The summed E-state index contributed by atoms with van der Waals surface area (Å²) in [5, 5.41) is 7.93. The Morgan fingerprint density at radius 2 is 1.93 bits per heavy atom. The van der Waals surface area contributed by atoms with Crippen LogP contribution in [-0.2, 0) is 16.6 Å². The lowest BCUT2D eigenvalue weighted by Crippen LogP contribution is -2.34. The van der Waals surface area contributed by atoms with E-state index < -0.39 is 11.8 Å². The van der Waals surface area contributed by atoms with E-state index in [1.165, 1.54) is 0 Å². The van der Waals surface area contributed by atoms with Crippen molar-refractivity contribution < 1.29 is 9.59 Å². The number of aryl methyl sites for hydroxylation is 1. The molecule has 0 unspecified atom stereocenters. The van der Waals surface area contributed by atoms with Crippen molar-refractivity contribution in [2.45, 2.75) is 5.92 Å². The number of para-hydroxylation sites is 1. The fourth-order valence-electron chi connectivity index (χ4n) is 3.64. The van der Waals surface area contributed by atoms with Gasteiger partial charge in [0.2, 0.25) is 5.91 Å². The van der Waals surface area contributed by atoms with Crippen molar-refractivity contribution in [2.24, 2.45) is 18.1 Å². The second kappa shape index (κ2) is 7.07. The summed E-state index contributed by atoms with van der Waals surface area (Å²) >= 11 is 0. The molecular formula is C21H20N4O2. The Morgan fingerprint density at radius 1 is 1.19 bits per heavy atom. The first-order chi connectivity index (χ1) is 13.1. The van der Waals surface area contributed by atoms with E-state index in [0.29, 0.717) is 6.54 Å². The van der Waals surface area contributed by atoms with Crippen LogP contribution in [0.4, 0.5) is 0 Å². The summed E-state index contributed by atoms with van der Waals surface area (Å²) in [6, 6.07) is 17.6. The quantitative estimate of drug-likeness (QED) is 0.425. The van der Waals surface area contributed by atoms with Crippen LogP contribution >= 0.6 is 0 Å².